The van der Waals surface area contributed by atoms with Crippen LogP contribution in [-0.2, 0) is 0 Å². The maximum absolute atomic E-state index is 9.20. The highest BCUT2D eigenvalue weighted by molar-refractivity contribution is 9.10. The number of alkyl halides is 1. The highest BCUT2D eigenvalue weighted by atomic mass is 79.9. The van der Waals surface area contributed by atoms with Crippen molar-refractivity contribution in [3.8, 4) is 0 Å². The van der Waals surface area contributed by atoms with Crippen LogP contribution in [0.1, 0.15) is 37.7 Å². The molecule has 2 atom stereocenters. The summed E-state index contributed by atoms with van der Waals surface area (Å²) in [5.74, 6) is 0.397. The SMILES string of the molecule is CC(NCC(CCO)c1ccccc1)C1(Br)CC1. The Balaban J connectivity index is 1.90. The summed E-state index contributed by atoms with van der Waals surface area (Å²) in [7, 11) is 0. The molecule has 0 radical (unpaired) electrons. The van der Waals surface area contributed by atoms with E-state index in [1.54, 1.807) is 0 Å². The quantitative estimate of drug-likeness (QED) is 0.759. The van der Waals surface area contributed by atoms with Gasteiger partial charge in [0.25, 0.3) is 0 Å². The van der Waals surface area contributed by atoms with Crippen molar-refractivity contribution in [1.82, 2.24) is 5.32 Å². The lowest BCUT2D eigenvalue weighted by atomic mass is 9.95. The second kappa shape index (κ2) is 6.18. The molecule has 0 amide bonds. The van der Waals surface area contributed by atoms with Crippen LogP contribution in [0, 0.1) is 0 Å². The average molecular weight is 312 g/mol. The number of rotatable bonds is 7. The Morgan fingerprint density at radius 1 is 1.33 bits per heavy atom. The fourth-order valence-electron chi connectivity index (χ4n) is 2.32. The maximum atomic E-state index is 9.20. The fourth-order valence-corrected chi connectivity index (χ4v) is 2.68. The van der Waals surface area contributed by atoms with E-state index >= 15 is 0 Å². The first kappa shape index (κ1) is 14.0. The smallest absolute Gasteiger partial charge is 0.0437 e. The summed E-state index contributed by atoms with van der Waals surface area (Å²) in [5, 5.41) is 12.8. The van der Waals surface area contributed by atoms with Crippen LogP contribution < -0.4 is 5.32 Å². The molecule has 0 bridgehead atoms. The molecule has 0 spiro atoms. The summed E-state index contributed by atoms with van der Waals surface area (Å²) in [5.41, 5.74) is 1.31. The molecule has 2 nitrogen and oxygen atoms in total. The zero-order valence-electron chi connectivity index (χ0n) is 10.9. The minimum absolute atomic E-state index is 0.245. The van der Waals surface area contributed by atoms with Gasteiger partial charge in [-0.2, -0.15) is 0 Å². The van der Waals surface area contributed by atoms with Gasteiger partial charge >= 0.3 is 0 Å². The van der Waals surface area contributed by atoms with Crippen LogP contribution in [0.25, 0.3) is 0 Å². The summed E-state index contributed by atoms with van der Waals surface area (Å²) in [6.45, 7) is 3.41. The van der Waals surface area contributed by atoms with Crippen LogP contribution >= 0.6 is 15.9 Å². The molecule has 3 heteroatoms. The van der Waals surface area contributed by atoms with Gasteiger partial charge in [0.15, 0.2) is 0 Å². The molecule has 2 N–H and O–H groups in total. The standard InChI is InChI=1S/C15H22BrNO/c1-12(15(16)8-9-15)17-11-14(7-10-18)13-5-3-2-4-6-13/h2-6,12,14,17-18H,7-11H2,1H3. The zero-order valence-corrected chi connectivity index (χ0v) is 12.5. The summed E-state index contributed by atoms with van der Waals surface area (Å²) >= 11 is 3.79. The van der Waals surface area contributed by atoms with Crippen molar-refractivity contribution in [2.45, 2.75) is 42.5 Å². The highest BCUT2D eigenvalue weighted by Crippen LogP contribution is 2.47. The Kier molecular flexibility index (Phi) is 4.82. The molecule has 1 aliphatic carbocycles. The molecule has 1 aromatic rings. The van der Waals surface area contributed by atoms with Gasteiger partial charge in [0.05, 0.1) is 0 Å². The van der Waals surface area contributed by atoms with E-state index in [0.29, 0.717) is 16.3 Å². The molecular weight excluding hydrogens is 290 g/mol. The number of halogens is 1. The molecule has 1 aromatic carbocycles. The molecule has 0 aliphatic heterocycles. The molecular formula is C15H22BrNO. The van der Waals surface area contributed by atoms with Crippen molar-refractivity contribution < 1.29 is 5.11 Å². The zero-order chi connectivity index (χ0) is 13.0. The van der Waals surface area contributed by atoms with E-state index in [9.17, 15) is 5.11 Å². The molecule has 1 saturated carbocycles. The van der Waals surface area contributed by atoms with E-state index in [1.807, 2.05) is 6.07 Å². The van der Waals surface area contributed by atoms with Gasteiger partial charge < -0.3 is 10.4 Å². The van der Waals surface area contributed by atoms with Crippen molar-refractivity contribution in [3.63, 3.8) is 0 Å². The topological polar surface area (TPSA) is 32.3 Å². The van der Waals surface area contributed by atoms with E-state index < -0.39 is 0 Å². The third kappa shape index (κ3) is 3.56. The van der Waals surface area contributed by atoms with Gasteiger partial charge in [-0.1, -0.05) is 46.3 Å². The Morgan fingerprint density at radius 3 is 2.56 bits per heavy atom. The monoisotopic (exact) mass is 311 g/mol. The van der Waals surface area contributed by atoms with Crippen molar-refractivity contribution in [1.29, 1.82) is 0 Å². The predicted octanol–water partition coefficient (Wildman–Crippen LogP) is 3.06. The van der Waals surface area contributed by atoms with Crippen LogP contribution in [0.2, 0.25) is 0 Å². The summed E-state index contributed by atoms with van der Waals surface area (Å²) < 4.78 is 0.327. The Hall–Kier alpha value is -0.380. The summed E-state index contributed by atoms with van der Waals surface area (Å²) in [4.78, 5) is 0. The molecule has 1 aliphatic rings. The third-order valence-corrected chi connectivity index (χ3v) is 5.40. The largest absolute Gasteiger partial charge is 0.396 e. The van der Waals surface area contributed by atoms with Crippen LogP contribution in [-0.4, -0.2) is 28.6 Å². The van der Waals surface area contributed by atoms with Crippen LogP contribution in [0.4, 0.5) is 0 Å². The number of nitrogens with one attached hydrogen (secondary N) is 1. The molecule has 100 valence electrons. The Morgan fingerprint density at radius 2 is 2.00 bits per heavy atom. The number of hydrogen-bond donors (Lipinski definition) is 2. The van der Waals surface area contributed by atoms with Gasteiger partial charge in [0.2, 0.25) is 0 Å². The first-order valence-corrected chi connectivity index (χ1v) is 7.53. The highest BCUT2D eigenvalue weighted by Gasteiger charge is 2.44. The van der Waals surface area contributed by atoms with Crippen molar-refractivity contribution in [2.75, 3.05) is 13.2 Å². The van der Waals surface area contributed by atoms with Gasteiger partial charge in [-0.15, -0.1) is 0 Å². The van der Waals surface area contributed by atoms with Crippen LogP contribution in [0.15, 0.2) is 30.3 Å². The maximum Gasteiger partial charge on any atom is 0.0437 e. The number of aliphatic hydroxyl groups is 1. The molecule has 2 unspecified atom stereocenters. The first-order valence-electron chi connectivity index (χ1n) is 6.74. The van der Waals surface area contributed by atoms with Gasteiger partial charge in [-0.05, 0) is 37.7 Å². The van der Waals surface area contributed by atoms with Crippen molar-refractivity contribution in [2.24, 2.45) is 0 Å². The average Bonchev–Trinajstić information content (AvgIpc) is 3.14. The van der Waals surface area contributed by atoms with Gasteiger partial charge in [0, 0.05) is 23.5 Å². The second-order valence-corrected chi connectivity index (χ2v) is 6.86. The third-order valence-electron chi connectivity index (χ3n) is 3.92. The van der Waals surface area contributed by atoms with E-state index in [2.05, 4.69) is 52.4 Å². The molecule has 0 saturated heterocycles. The number of benzene rings is 1. The molecule has 0 heterocycles. The van der Waals surface area contributed by atoms with E-state index in [-0.39, 0.29) is 6.61 Å². The lowest BCUT2D eigenvalue weighted by Gasteiger charge is -2.23. The molecule has 2 rings (SSSR count). The lowest BCUT2D eigenvalue weighted by Crippen LogP contribution is -2.38. The Bertz CT molecular complexity index is 364. The Labute approximate surface area is 118 Å². The van der Waals surface area contributed by atoms with Gasteiger partial charge in [-0.3, -0.25) is 0 Å². The van der Waals surface area contributed by atoms with E-state index in [4.69, 9.17) is 0 Å². The number of aliphatic hydroxyl groups excluding tert-OH is 1. The van der Waals surface area contributed by atoms with Crippen LogP contribution in [0.5, 0.6) is 0 Å². The normalized spacial score (nSPS) is 20.4. The molecule has 1 fully saturated rings. The summed E-state index contributed by atoms with van der Waals surface area (Å²) in [6.07, 6.45) is 3.34. The number of hydrogen-bond acceptors (Lipinski definition) is 2. The van der Waals surface area contributed by atoms with Crippen LogP contribution in [0.3, 0.4) is 0 Å². The van der Waals surface area contributed by atoms with Crippen molar-refractivity contribution in [3.05, 3.63) is 35.9 Å². The van der Waals surface area contributed by atoms with E-state index in [1.165, 1.54) is 18.4 Å². The minimum Gasteiger partial charge on any atom is -0.396 e. The second-order valence-electron chi connectivity index (χ2n) is 5.28. The van der Waals surface area contributed by atoms with Crippen molar-refractivity contribution >= 4 is 15.9 Å². The van der Waals surface area contributed by atoms with E-state index in [0.717, 1.165) is 13.0 Å². The fraction of sp³-hybridized carbons (Fsp3) is 0.600. The minimum atomic E-state index is 0.245. The van der Waals surface area contributed by atoms with Gasteiger partial charge in [-0.25, -0.2) is 0 Å². The molecule has 0 aromatic heterocycles. The van der Waals surface area contributed by atoms with Gasteiger partial charge in [0.1, 0.15) is 0 Å². The first-order chi connectivity index (χ1) is 8.65. The lowest BCUT2D eigenvalue weighted by molar-refractivity contribution is 0.272. The predicted molar refractivity (Wildman–Crippen MR) is 79.2 cm³/mol. The molecule has 18 heavy (non-hydrogen) atoms. The summed E-state index contributed by atoms with van der Waals surface area (Å²) in [6, 6.07) is 10.9.